The molecule has 2 heterocycles. The standard InChI is InChI=1S/C13H18N2O3S/c1-9(8-10-4-3-7-19-10)14-13(18)15-6-2-5-11(15)12(16)17/h3-4,7,9,11H,2,5-6,8H2,1H3,(H,14,18)(H,16,17)/t9?,11-/m1/s1. The normalized spacial score (nSPS) is 20.3. The minimum atomic E-state index is -0.918. The molecule has 0 radical (unpaired) electrons. The largest absolute Gasteiger partial charge is 0.480 e. The monoisotopic (exact) mass is 282 g/mol. The quantitative estimate of drug-likeness (QED) is 0.886. The Labute approximate surface area is 116 Å². The first-order valence-electron chi connectivity index (χ1n) is 6.40. The van der Waals surface area contributed by atoms with Gasteiger partial charge in [-0.2, -0.15) is 0 Å². The summed E-state index contributed by atoms with van der Waals surface area (Å²) in [7, 11) is 0. The van der Waals surface area contributed by atoms with Gasteiger partial charge in [-0.15, -0.1) is 11.3 Å². The van der Waals surface area contributed by atoms with E-state index in [0.717, 1.165) is 12.8 Å². The van der Waals surface area contributed by atoms with E-state index < -0.39 is 12.0 Å². The lowest BCUT2D eigenvalue weighted by atomic mass is 10.2. The number of likely N-dealkylation sites (tertiary alicyclic amines) is 1. The highest BCUT2D eigenvalue weighted by molar-refractivity contribution is 7.09. The molecule has 2 N–H and O–H groups in total. The van der Waals surface area contributed by atoms with Crippen molar-refractivity contribution in [3.8, 4) is 0 Å². The highest BCUT2D eigenvalue weighted by Gasteiger charge is 2.34. The second-order valence-corrected chi connectivity index (χ2v) is 5.86. The number of urea groups is 1. The summed E-state index contributed by atoms with van der Waals surface area (Å²) >= 11 is 1.66. The van der Waals surface area contributed by atoms with Gasteiger partial charge in [0.25, 0.3) is 0 Å². The van der Waals surface area contributed by atoms with Crippen LogP contribution in [-0.2, 0) is 11.2 Å². The Kier molecular flexibility index (Phi) is 4.42. The van der Waals surface area contributed by atoms with Crippen molar-refractivity contribution in [2.75, 3.05) is 6.54 Å². The number of hydrogen-bond donors (Lipinski definition) is 2. The van der Waals surface area contributed by atoms with Crippen LogP contribution < -0.4 is 5.32 Å². The number of thiophene rings is 1. The first-order valence-corrected chi connectivity index (χ1v) is 7.28. The van der Waals surface area contributed by atoms with Crippen molar-refractivity contribution < 1.29 is 14.7 Å². The summed E-state index contributed by atoms with van der Waals surface area (Å²) in [5, 5.41) is 13.9. The number of carbonyl (C=O) groups excluding carboxylic acids is 1. The van der Waals surface area contributed by atoms with Crippen LogP contribution in [0.4, 0.5) is 4.79 Å². The lowest BCUT2D eigenvalue weighted by Gasteiger charge is -2.24. The molecule has 2 amide bonds. The van der Waals surface area contributed by atoms with Gasteiger partial charge in [0.15, 0.2) is 0 Å². The zero-order chi connectivity index (χ0) is 13.8. The van der Waals surface area contributed by atoms with E-state index in [0.29, 0.717) is 13.0 Å². The topological polar surface area (TPSA) is 69.6 Å². The van der Waals surface area contributed by atoms with Gasteiger partial charge in [-0.1, -0.05) is 6.07 Å². The number of nitrogens with zero attached hydrogens (tertiary/aromatic N) is 1. The minimum Gasteiger partial charge on any atom is -0.480 e. The Morgan fingerprint density at radius 1 is 1.63 bits per heavy atom. The lowest BCUT2D eigenvalue weighted by Crippen LogP contribution is -2.48. The third-order valence-corrected chi connectivity index (χ3v) is 4.15. The number of hydrogen-bond acceptors (Lipinski definition) is 3. The summed E-state index contributed by atoms with van der Waals surface area (Å²) in [6.45, 7) is 2.46. The molecule has 2 rings (SSSR count). The number of carbonyl (C=O) groups is 2. The van der Waals surface area contributed by atoms with E-state index in [-0.39, 0.29) is 12.1 Å². The maximum atomic E-state index is 12.1. The molecule has 0 saturated carbocycles. The van der Waals surface area contributed by atoms with Crippen molar-refractivity contribution in [1.82, 2.24) is 10.2 Å². The van der Waals surface area contributed by atoms with Crippen LogP contribution in [0.15, 0.2) is 17.5 Å². The average molecular weight is 282 g/mol. The fourth-order valence-electron chi connectivity index (χ4n) is 2.34. The predicted molar refractivity (Wildman–Crippen MR) is 73.4 cm³/mol. The van der Waals surface area contributed by atoms with Crippen molar-refractivity contribution in [3.63, 3.8) is 0 Å². The van der Waals surface area contributed by atoms with Crippen LogP contribution >= 0.6 is 11.3 Å². The summed E-state index contributed by atoms with van der Waals surface area (Å²) in [4.78, 5) is 25.7. The molecule has 0 spiro atoms. The number of amides is 2. The minimum absolute atomic E-state index is 0.00111. The van der Waals surface area contributed by atoms with Gasteiger partial charge in [0.2, 0.25) is 0 Å². The van der Waals surface area contributed by atoms with Gasteiger partial charge in [-0.25, -0.2) is 9.59 Å². The zero-order valence-corrected chi connectivity index (χ0v) is 11.7. The molecule has 1 saturated heterocycles. The Morgan fingerprint density at radius 2 is 2.42 bits per heavy atom. The molecule has 0 aliphatic carbocycles. The Balaban J connectivity index is 1.88. The van der Waals surface area contributed by atoms with Crippen molar-refractivity contribution in [2.24, 2.45) is 0 Å². The summed E-state index contributed by atoms with van der Waals surface area (Å²) in [5.41, 5.74) is 0. The maximum Gasteiger partial charge on any atom is 0.326 e. The van der Waals surface area contributed by atoms with Gasteiger partial charge in [-0.05, 0) is 31.2 Å². The fraction of sp³-hybridized carbons (Fsp3) is 0.538. The Bertz CT molecular complexity index is 447. The highest BCUT2D eigenvalue weighted by Crippen LogP contribution is 2.18. The number of carboxylic acid groups (broad SMARTS) is 1. The van der Waals surface area contributed by atoms with Crippen LogP contribution in [0, 0.1) is 0 Å². The molecule has 19 heavy (non-hydrogen) atoms. The van der Waals surface area contributed by atoms with Crippen LogP contribution in [0.5, 0.6) is 0 Å². The molecule has 1 fully saturated rings. The van der Waals surface area contributed by atoms with Gasteiger partial charge in [0.05, 0.1) is 0 Å². The first-order chi connectivity index (χ1) is 9.08. The van der Waals surface area contributed by atoms with E-state index in [9.17, 15) is 9.59 Å². The predicted octanol–water partition coefficient (Wildman–Crippen LogP) is 1.94. The van der Waals surface area contributed by atoms with Gasteiger partial charge in [0.1, 0.15) is 6.04 Å². The van der Waals surface area contributed by atoms with E-state index in [1.807, 2.05) is 24.4 Å². The third kappa shape index (κ3) is 3.47. The maximum absolute atomic E-state index is 12.1. The average Bonchev–Trinajstić information content (AvgIpc) is 2.97. The second kappa shape index (κ2) is 6.06. The number of aliphatic carboxylic acids is 1. The SMILES string of the molecule is CC(Cc1cccs1)NC(=O)N1CCC[C@@H]1C(=O)O. The van der Waals surface area contributed by atoms with Crippen LogP contribution in [0.25, 0.3) is 0 Å². The molecule has 1 aromatic rings. The van der Waals surface area contributed by atoms with E-state index in [4.69, 9.17) is 5.11 Å². The summed E-state index contributed by atoms with van der Waals surface area (Å²) in [6, 6.07) is 3.07. The summed E-state index contributed by atoms with van der Waals surface area (Å²) < 4.78 is 0. The molecule has 6 heteroatoms. The fourth-order valence-corrected chi connectivity index (χ4v) is 3.18. The number of nitrogens with one attached hydrogen (secondary N) is 1. The van der Waals surface area contributed by atoms with Crippen LogP contribution in [-0.4, -0.2) is 40.6 Å². The van der Waals surface area contributed by atoms with E-state index in [1.165, 1.54) is 9.78 Å². The van der Waals surface area contributed by atoms with E-state index in [2.05, 4.69) is 5.32 Å². The van der Waals surface area contributed by atoms with Gasteiger partial charge < -0.3 is 15.3 Å². The second-order valence-electron chi connectivity index (χ2n) is 4.82. The van der Waals surface area contributed by atoms with E-state index in [1.54, 1.807) is 11.3 Å². The lowest BCUT2D eigenvalue weighted by molar-refractivity contribution is -0.141. The molecule has 5 nitrogen and oxygen atoms in total. The Hall–Kier alpha value is -1.56. The van der Waals surface area contributed by atoms with Crippen molar-refractivity contribution in [1.29, 1.82) is 0 Å². The van der Waals surface area contributed by atoms with Crippen molar-refractivity contribution >= 4 is 23.3 Å². The molecule has 0 bridgehead atoms. The molecule has 2 atom stereocenters. The molecule has 0 aromatic carbocycles. The van der Waals surface area contributed by atoms with Gasteiger partial charge in [0, 0.05) is 23.9 Å². The summed E-state index contributed by atoms with van der Waals surface area (Å²) in [6.07, 6.45) is 2.07. The third-order valence-electron chi connectivity index (χ3n) is 3.26. The zero-order valence-electron chi connectivity index (χ0n) is 10.8. The van der Waals surface area contributed by atoms with Crippen LogP contribution in [0.2, 0.25) is 0 Å². The highest BCUT2D eigenvalue weighted by atomic mass is 32.1. The van der Waals surface area contributed by atoms with Crippen molar-refractivity contribution in [3.05, 3.63) is 22.4 Å². The number of rotatable bonds is 4. The molecule has 1 aliphatic rings. The van der Waals surface area contributed by atoms with Crippen molar-refractivity contribution in [2.45, 2.75) is 38.3 Å². The molecular weight excluding hydrogens is 264 g/mol. The van der Waals surface area contributed by atoms with E-state index >= 15 is 0 Å². The molecular formula is C13H18N2O3S. The molecule has 1 aromatic heterocycles. The Morgan fingerprint density at radius 3 is 3.05 bits per heavy atom. The van der Waals surface area contributed by atoms with Crippen LogP contribution in [0.1, 0.15) is 24.6 Å². The first kappa shape index (κ1) is 13.9. The smallest absolute Gasteiger partial charge is 0.326 e. The number of carboxylic acids is 1. The van der Waals surface area contributed by atoms with Gasteiger partial charge >= 0.3 is 12.0 Å². The summed E-state index contributed by atoms with van der Waals surface area (Å²) in [5.74, 6) is -0.918. The van der Waals surface area contributed by atoms with Crippen LogP contribution in [0.3, 0.4) is 0 Å². The molecule has 1 unspecified atom stereocenters. The molecule has 1 aliphatic heterocycles. The molecule has 104 valence electrons. The van der Waals surface area contributed by atoms with Gasteiger partial charge in [-0.3, -0.25) is 0 Å².